The SMILES string of the molecule is Cc1cccc(C)c1OCCCC(=O)NC1CCN(C(=O)c2cccs2)CC1. The zero-order valence-corrected chi connectivity index (χ0v) is 17.4. The van der Waals surface area contributed by atoms with Gasteiger partial charge in [-0.15, -0.1) is 11.3 Å². The largest absolute Gasteiger partial charge is 0.493 e. The third-order valence-electron chi connectivity index (χ3n) is 5.08. The summed E-state index contributed by atoms with van der Waals surface area (Å²) in [6.45, 7) is 5.98. The first-order valence-corrected chi connectivity index (χ1v) is 10.7. The number of carbonyl (C=O) groups is 2. The summed E-state index contributed by atoms with van der Waals surface area (Å²) in [5.74, 6) is 1.09. The average Bonchev–Trinajstić information content (AvgIpc) is 3.22. The van der Waals surface area contributed by atoms with Crippen LogP contribution in [0.5, 0.6) is 5.75 Å². The van der Waals surface area contributed by atoms with E-state index in [4.69, 9.17) is 4.74 Å². The molecule has 0 spiro atoms. The second-order valence-electron chi connectivity index (χ2n) is 7.28. The van der Waals surface area contributed by atoms with Gasteiger partial charge < -0.3 is 15.0 Å². The number of rotatable bonds is 7. The van der Waals surface area contributed by atoms with E-state index < -0.39 is 0 Å². The van der Waals surface area contributed by atoms with E-state index >= 15 is 0 Å². The molecule has 1 aliphatic rings. The standard InChI is InChI=1S/C22H28N2O3S/c1-16-6-3-7-17(2)21(16)27-14-4-9-20(25)23-18-10-12-24(13-11-18)22(26)19-8-5-15-28-19/h3,5-8,15,18H,4,9-14H2,1-2H3,(H,23,25). The molecule has 1 N–H and O–H groups in total. The lowest BCUT2D eigenvalue weighted by Crippen LogP contribution is -2.46. The number of thiophene rings is 1. The van der Waals surface area contributed by atoms with Crippen LogP contribution in [0.2, 0.25) is 0 Å². The number of piperidine rings is 1. The smallest absolute Gasteiger partial charge is 0.263 e. The minimum absolute atomic E-state index is 0.0631. The lowest BCUT2D eigenvalue weighted by molar-refractivity contribution is -0.122. The van der Waals surface area contributed by atoms with Crippen molar-refractivity contribution in [3.63, 3.8) is 0 Å². The number of carbonyl (C=O) groups excluding carboxylic acids is 2. The molecule has 1 aliphatic heterocycles. The van der Waals surface area contributed by atoms with Crippen LogP contribution in [-0.2, 0) is 4.79 Å². The van der Waals surface area contributed by atoms with E-state index in [1.165, 1.54) is 11.3 Å². The zero-order chi connectivity index (χ0) is 19.9. The Hall–Kier alpha value is -2.34. The number of ether oxygens (including phenoxy) is 1. The van der Waals surface area contributed by atoms with E-state index in [0.717, 1.165) is 34.6 Å². The van der Waals surface area contributed by atoms with Crippen molar-refractivity contribution in [3.05, 3.63) is 51.7 Å². The van der Waals surface area contributed by atoms with Crippen LogP contribution < -0.4 is 10.1 Å². The number of para-hydroxylation sites is 1. The predicted molar refractivity (Wildman–Crippen MR) is 112 cm³/mol. The molecule has 0 bridgehead atoms. The molecule has 0 radical (unpaired) electrons. The molecule has 2 aromatic rings. The van der Waals surface area contributed by atoms with E-state index in [0.29, 0.717) is 32.5 Å². The number of likely N-dealkylation sites (tertiary alicyclic amines) is 1. The van der Waals surface area contributed by atoms with E-state index in [2.05, 4.69) is 5.32 Å². The number of aryl methyl sites for hydroxylation is 2. The van der Waals surface area contributed by atoms with Gasteiger partial charge in [-0.3, -0.25) is 9.59 Å². The third kappa shape index (κ3) is 5.35. The zero-order valence-electron chi connectivity index (χ0n) is 16.6. The van der Waals surface area contributed by atoms with Crippen molar-refractivity contribution in [3.8, 4) is 5.75 Å². The molecule has 6 heteroatoms. The van der Waals surface area contributed by atoms with Gasteiger partial charge in [0.25, 0.3) is 5.91 Å². The lowest BCUT2D eigenvalue weighted by Gasteiger charge is -2.32. The molecular formula is C22H28N2O3S. The first-order chi connectivity index (χ1) is 13.5. The molecule has 1 fully saturated rings. The normalized spacial score (nSPS) is 14.7. The molecule has 1 saturated heterocycles. The molecule has 0 unspecified atom stereocenters. The van der Waals surface area contributed by atoms with Gasteiger partial charge in [-0.05, 0) is 55.7 Å². The molecular weight excluding hydrogens is 372 g/mol. The Kier molecular flexibility index (Phi) is 7.09. The summed E-state index contributed by atoms with van der Waals surface area (Å²) in [5, 5.41) is 5.03. The van der Waals surface area contributed by atoms with Gasteiger partial charge in [-0.2, -0.15) is 0 Å². The quantitative estimate of drug-likeness (QED) is 0.716. The minimum Gasteiger partial charge on any atom is -0.493 e. The molecule has 3 rings (SSSR count). The topological polar surface area (TPSA) is 58.6 Å². The summed E-state index contributed by atoms with van der Waals surface area (Å²) < 4.78 is 5.86. The van der Waals surface area contributed by atoms with Crippen LogP contribution >= 0.6 is 11.3 Å². The van der Waals surface area contributed by atoms with E-state index in [9.17, 15) is 9.59 Å². The molecule has 2 amide bonds. The van der Waals surface area contributed by atoms with Crippen LogP contribution in [0.4, 0.5) is 0 Å². The fraction of sp³-hybridized carbons (Fsp3) is 0.455. The highest BCUT2D eigenvalue weighted by Gasteiger charge is 2.24. The Bertz CT molecular complexity index is 776. The maximum absolute atomic E-state index is 12.4. The second-order valence-corrected chi connectivity index (χ2v) is 8.23. The Morgan fingerprint density at radius 3 is 2.50 bits per heavy atom. The van der Waals surface area contributed by atoms with Crippen molar-refractivity contribution in [2.24, 2.45) is 0 Å². The first-order valence-electron chi connectivity index (χ1n) is 9.86. The Labute approximate surface area is 170 Å². The number of nitrogens with one attached hydrogen (secondary N) is 1. The van der Waals surface area contributed by atoms with Crippen LogP contribution in [-0.4, -0.2) is 42.5 Å². The van der Waals surface area contributed by atoms with E-state index in [-0.39, 0.29) is 17.9 Å². The van der Waals surface area contributed by atoms with Gasteiger partial charge in [0, 0.05) is 25.6 Å². The molecule has 150 valence electrons. The summed E-state index contributed by atoms with van der Waals surface area (Å²) >= 11 is 1.47. The minimum atomic E-state index is 0.0631. The number of hydrogen-bond acceptors (Lipinski definition) is 4. The first kappa shape index (κ1) is 20.4. The summed E-state index contributed by atoms with van der Waals surface area (Å²) in [6.07, 6.45) is 2.76. The Balaban J connectivity index is 1.34. The summed E-state index contributed by atoms with van der Waals surface area (Å²) in [5.41, 5.74) is 2.24. The van der Waals surface area contributed by atoms with Gasteiger partial charge in [0.2, 0.25) is 5.91 Å². The van der Waals surface area contributed by atoms with Crippen LogP contribution in [0.1, 0.15) is 46.5 Å². The maximum atomic E-state index is 12.4. The maximum Gasteiger partial charge on any atom is 0.263 e. The summed E-state index contributed by atoms with van der Waals surface area (Å²) in [4.78, 5) is 27.2. The van der Waals surface area contributed by atoms with Gasteiger partial charge in [0.05, 0.1) is 11.5 Å². The average molecular weight is 401 g/mol. The monoisotopic (exact) mass is 400 g/mol. The molecule has 0 saturated carbocycles. The number of hydrogen-bond donors (Lipinski definition) is 1. The summed E-state index contributed by atoms with van der Waals surface area (Å²) in [6, 6.07) is 10.00. The van der Waals surface area contributed by atoms with E-state index in [1.807, 2.05) is 54.5 Å². The fourth-order valence-electron chi connectivity index (χ4n) is 3.52. The van der Waals surface area contributed by atoms with Gasteiger partial charge in [0.1, 0.15) is 5.75 Å². The van der Waals surface area contributed by atoms with Gasteiger partial charge in [0.15, 0.2) is 0 Å². The van der Waals surface area contributed by atoms with Crippen LogP contribution in [0.25, 0.3) is 0 Å². The number of amides is 2. The molecule has 1 aromatic heterocycles. The van der Waals surface area contributed by atoms with Crippen molar-refractivity contribution < 1.29 is 14.3 Å². The van der Waals surface area contributed by atoms with Gasteiger partial charge in [-0.25, -0.2) is 0 Å². The highest BCUT2D eigenvalue weighted by Crippen LogP contribution is 2.22. The fourth-order valence-corrected chi connectivity index (χ4v) is 4.21. The molecule has 2 heterocycles. The molecule has 28 heavy (non-hydrogen) atoms. The lowest BCUT2D eigenvalue weighted by atomic mass is 10.0. The van der Waals surface area contributed by atoms with Crippen molar-refractivity contribution in [2.45, 2.75) is 45.6 Å². The molecule has 0 aliphatic carbocycles. The second kappa shape index (κ2) is 9.73. The van der Waals surface area contributed by atoms with Gasteiger partial charge in [-0.1, -0.05) is 24.3 Å². The van der Waals surface area contributed by atoms with Crippen molar-refractivity contribution in [1.82, 2.24) is 10.2 Å². The highest BCUT2D eigenvalue weighted by molar-refractivity contribution is 7.12. The van der Waals surface area contributed by atoms with Gasteiger partial charge >= 0.3 is 0 Å². The van der Waals surface area contributed by atoms with Crippen LogP contribution in [0, 0.1) is 13.8 Å². The Morgan fingerprint density at radius 1 is 1.14 bits per heavy atom. The van der Waals surface area contributed by atoms with Crippen molar-refractivity contribution in [2.75, 3.05) is 19.7 Å². The number of nitrogens with zero attached hydrogens (tertiary/aromatic N) is 1. The third-order valence-corrected chi connectivity index (χ3v) is 5.94. The molecule has 5 nitrogen and oxygen atoms in total. The van der Waals surface area contributed by atoms with Crippen LogP contribution in [0.3, 0.4) is 0 Å². The highest BCUT2D eigenvalue weighted by atomic mass is 32.1. The molecule has 0 atom stereocenters. The Morgan fingerprint density at radius 2 is 1.86 bits per heavy atom. The molecule has 1 aromatic carbocycles. The predicted octanol–water partition coefficient (Wildman–Crippen LogP) is 3.94. The number of benzene rings is 1. The summed E-state index contributed by atoms with van der Waals surface area (Å²) in [7, 11) is 0. The van der Waals surface area contributed by atoms with Crippen molar-refractivity contribution in [1.29, 1.82) is 0 Å². The van der Waals surface area contributed by atoms with Crippen molar-refractivity contribution >= 4 is 23.2 Å². The van der Waals surface area contributed by atoms with Crippen LogP contribution in [0.15, 0.2) is 35.7 Å². The van der Waals surface area contributed by atoms with E-state index in [1.54, 1.807) is 0 Å².